The minimum atomic E-state index is -1.34. The Hall–Kier alpha value is -0.860. The van der Waals surface area contributed by atoms with E-state index in [1.54, 1.807) is 0 Å². The van der Waals surface area contributed by atoms with Gasteiger partial charge < -0.3 is 5.11 Å². The molecule has 0 saturated heterocycles. The van der Waals surface area contributed by atoms with Crippen molar-refractivity contribution in [1.29, 1.82) is 0 Å². The molecule has 1 radical (unpaired) electrons. The number of unbranched alkanes of at least 4 members (excludes halogenated alkanes) is 1. The van der Waals surface area contributed by atoms with E-state index >= 15 is 0 Å². The summed E-state index contributed by atoms with van der Waals surface area (Å²) in [6.45, 7) is 3.47. The van der Waals surface area contributed by atoms with Crippen molar-refractivity contribution >= 4 is 11.8 Å². The van der Waals surface area contributed by atoms with Crippen molar-refractivity contribution in [1.82, 2.24) is 0 Å². The van der Waals surface area contributed by atoms with Crippen molar-refractivity contribution in [2.45, 2.75) is 19.3 Å². The maximum Gasteiger partial charge on any atom is 0.372 e. The van der Waals surface area contributed by atoms with Crippen LogP contribution in [0.25, 0.3) is 0 Å². The molecular weight excluding hydrogens is 120 g/mol. The van der Waals surface area contributed by atoms with E-state index in [1.165, 1.54) is 0 Å². The summed E-state index contributed by atoms with van der Waals surface area (Å²) in [5.74, 6) is -2.07. The molecule has 0 saturated carbocycles. The topological polar surface area (TPSA) is 54.4 Å². The van der Waals surface area contributed by atoms with Crippen molar-refractivity contribution in [3.8, 4) is 0 Å². The zero-order valence-electron chi connectivity index (χ0n) is 5.09. The highest BCUT2D eigenvalue weighted by Gasteiger charge is 2.08. The summed E-state index contributed by atoms with van der Waals surface area (Å²) in [6, 6.07) is 0. The number of rotatable bonds is 4. The second-order valence-electron chi connectivity index (χ2n) is 1.69. The lowest BCUT2D eigenvalue weighted by molar-refractivity contribution is -0.149. The molecule has 0 atom stereocenters. The predicted octanol–water partition coefficient (Wildman–Crippen LogP) is 0.644. The zero-order valence-corrected chi connectivity index (χ0v) is 5.09. The summed E-state index contributed by atoms with van der Waals surface area (Å²) in [7, 11) is 0. The van der Waals surface area contributed by atoms with Gasteiger partial charge in [-0.15, -0.1) is 0 Å². The van der Waals surface area contributed by atoms with Crippen LogP contribution < -0.4 is 0 Å². The Morgan fingerprint density at radius 3 is 2.33 bits per heavy atom. The molecule has 0 bridgehead atoms. The SMILES string of the molecule is [CH2]CCCC(=O)C(=O)O. The normalized spacial score (nSPS) is 9.00. The quantitative estimate of drug-likeness (QED) is 0.567. The second kappa shape index (κ2) is 4.06. The summed E-state index contributed by atoms with van der Waals surface area (Å²) >= 11 is 0. The molecule has 0 heterocycles. The molecule has 0 rings (SSSR count). The minimum absolute atomic E-state index is 0.110. The van der Waals surface area contributed by atoms with E-state index in [0.717, 1.165) is 0 Å². The average molecular weight is 129 g/mol. The third kappa shape index (κ3) is 3.70. The van der Waals surface area contributed by atoms with E-state index in [-0.39, 0.29) is 6.42 Å². The molecule has 0 aromatic carbocycles. The lowest BCUT2D eigenvalue weighted by Crippen LogP contribution is -2.11. The largest absolute Gasteiger partial charge is 0.476 e. The van der Waals surface area contributed by atoms with Gasteiger partial charge in [-0.25, -0.2) is 4.79 Å². The number of carbonyl (C=O) groups excluding carboxylic acids is 1. The van der Waals surface area contributed by atoms with Gasteiger partial charge in [0.05, 0.1) is 0 Å². The highest BCUT2D eigenvalue weighted by atomic mass is 16.4. The highest BCUT2D eigenvalue weighted by Crippen LogP contribution is 1.93. The molecule has 0 unspecified atom stereocenters. The van der Waals surface area contributed by atoms with Crippen molar-refractivity contribution in [2.24, 2.45) is 0 Å². The van der Waals surface area contributed by atoms with Crippen LogP contribution in [0.1, 0.15) is 19.3 Å². The lowest BCUT2D eigenvalue weighted by Gasteiger charge is -1.89. The molecule has 1 N–H and O–H groups in total. The van der Waals surface area contributed by atoms with Crippen LogP contribution in [0.2, 0.25) is 0 Å². The number of carboxylic acids is 1. The van der Waals surface area contributed by atoms with Crippen LogP contribution in [0.3, 0.4) is 0 Å². The van der Waals surface area contributed by atoms with Gasteiger partial charge in [0.2, 0.25) is 5.78 Å². The van der Waals surface area contributed by atoms with Gasteiger partial charge in [-0.3, -0.25) is 4.79 Å². The van der Waals surface area contributed by atoms with Crippen LogP contribution in [0.5, 0.6) is 0 Å². The van der Waals surface area contributed by atoms with E-state index < -0.39 is 11.8 Å². The smallest absolute Gasteiger partial charge is 0.372 e. The van der Waals surface area contributed by atoms with Crippen LogP contribution in [0, 0.1) is 6.92 Å². The lowest BCUT2D eigenvalue weighted by atomic mass is 10.2. The number of hydrogen-bond acceptors (Lipinski definition) is 2. The number of Topliss-reactive ketones (excluding diaryl/α,β-unsaturated/α-hetero) is 1. The third-order valence-electron chi connectivity index (χ3n) is 0.892. The van der Waals surface area contributed by atoms with E-state index in [0.29, 0.717) is 12.8 Å². The van der Waals surface area contributed by atoms with Gasteiger partial charge >= 0.3 is 5.97 Å². The Bertz CT molecular complexity index is 117. The first-order valence-corrected chi connectivity index (χ1v) is 2.74. The molecule has 0 aromatic heterocycles. The molecule has 3 nitrogen and oxygen atoms in total. The molecule has 0 aliphatic rings. The van der Waals surface area contributed by atoms with Gasteiger partial charge in [0.1, 0.15) is 0 Å². The molecule has 51 valence electrons. The fourth-order valence-electron chi connectivity index (χ4n) is 0.392. The van der Waals surface area contributed by atoms with E-state index in [9.17, 15) is 9.59 Å². The van der Waals surface area contributed by atoms with Gasteiger partial charge in [0.15, 0.2) is 0 Å². The molecule has 0 spiro atoms. The molecule has 0 amide bonds. The van der Waals surface area contributed by atoms with Gasteiger partial charge in [-0.1, -0.05) is 13.3 Å². The first-order valence-electron chi connectivity index (χ1n) is 2.74. The van der Waals surface area contributed by atoms with Crippen LogP contribution in [-0.4, -0.2) is 16.9 Å². The Kier molecular flexibility index (Phi) is 3.67. The minimum Gasteiger partial charge on any atom is -0.476 e. The van der Waals surface area contributed by atoms with Gasteiger partial charge in [0.25, 0.3) is 0 Å². The third-order valence-corrected chi connectivity index (χ3v) is 0.892. The Balaban J connectivity index is 3.39. The molecule has 0 fully saturated rings. The number of hydrogen-bond donors (Lipinski definition) is 1. The summed E-state index contributed by atoms with van der Waals surface area (Å²) < 4.78 is 0. The van der Waals surface area contributed by atoms with Crippen LogP contribution >= 0.6 is 0 Å². The van der Waals surface area contributed by atoms with E-state index in [2.05, 4.69) is 6.92 Å². The standard InChI is InChI=1S/C6H9O3/c1-2-3-4-5(7)6(8)9/h1-4H2,(H,8,9). The Morgan fingerprint density at radius 1 is 1.44 bits per heavy atom. The van der Waals surface area contributed by atoms with Crippen molar-refractivity contribution in [3.05, 3.63) is 6.92 Å². The summed E-state index contributed by atoms with van der Waals surface area (Å²) in [5.41, 5.74) is 0. The van der Waals surface area contributed by atoms with Gasteiger partial charge in [-0.05, 0) is 6.42 Å². The van der Waals surface area contributed by atoms with Crippen LogP contribution in [-0.2, 0) is 9.59 Å². The van der Waals surface area contributed by atoms with Crippen molar-refractivity contribution < 1.29 is 14.7 Å². The van der Waals surface area contributed by atoms with Gasteiger partial charge in [-0.2, -0.15) is 0 Å². The maximum atomic E-state index is 10.3. The monoisotopic (exact) mass is 129 g/mol. The summed E-state index contributed by atoms with van der Waals surface area (Å²) in [6.07, 6.45) is 1.28. The molecule has 3 heteroatoms. The molecule has 0 aromatic rings. The first-order chi connectivity index (χ1) is 4.18. The van der Waals surface area contributed by atoms with Gasteiger partial charge in [0, 0.05) is 6.42 Å². The Labute approximate surface area is 53.7 Å². The first kappa shape index (κ1) is 8.14. The predicted molar refractivity (Wildman–Crippen MR) is 31.9 cm³/mol. The summed E-state index contributed by atoms with van der Waals surface area (Å²) in [5, 5.41) is 8.04. The molecule has 0 aliphatic carbocycles. The number of carbonyl (C=O) groups is 2. The Morgan fingerprint density at radius 2 is 2.00 bits per heavy atom. The zero-order chi connectivity index (χ0) is 7.28. The van der Waals surface area contributed by atoms with Crippen LogP contribution in [0.4, 0.5) is 0 Å². The molecule has 0 aliphatic heterocycles. The number of ketones is 1. The average Bonchev–Trinajstić information content (AvgIpc) is 1.82. The number of aliphatic carboxylic acids is 1. The summed E-state index contributed by atoms with van der Waals surface area (Å²) in [4.78, 5) is 20.1. The molecular formula is C6H9O3. The van der Waals surface area contributed by atoms with Crippen molar-refractivity contribution in [3.63, 3.8) is 0 Å². The molecule has 9 heavy (non-hydrogen) atoms. The fraction of sp³-hybridized carbons (Fsp3) is 0.500. The van der Waals surface area contributed by atoms with Crippen molar-refractivity contribution in [2.75, 3.05) is 0 Å². The number of carboxylic acid groups (broad SMARTS) is 1. The highest BCUT2D eigenvalue weighted by molar-refractivity contribution is 6.32. The second-order valence-corrected chi connectivity index (χ2v) is 1.69. The maximum absolute atomic E-state index is 10.3. The van der Waals surface area contributed by atoms with Crippen LogP contribution in [0.15, 0.2) is 0 Å². The van der Waals surface area contributed by atoms with E-state index in [4.69, 9.17) is 5.11 Å². The van der Waals surface area contributed by atoms with E-state index in [1.807, 2.05) is 0 Å². The fourth-order valence-corrected chi connectivity index (χ4v) is 0.392.